The Kier molecular flexibility index (Phi) is 5.16. The predicted octanol–water partition coefficient (Wildman–Crippen LogP) is 2.75. The molecule has 0 amide bonds. The van der Waals surface area contributed by atoms with Crippen molar-refractivity contribution >= 4 is 11.8 Å². The summed E-state index contributed by atoms with van der Waals surface area (Å²) >= 11 is 2.09. The van der Waals surface area contributed by atoms with E-state index >= 15 is 0 Å². The minimum atomic E-state index is 0.686. The lowest BCUT2D eigenvalue weighted by Gasteiger charge is -2.39. The maximum Gasteiger partial charge on any atom is 0.241 e. The Morgan fingerprint density at radius 1 is 1.04 bits per heavy atom. The molecule has 0 radical (unpaired) electrons. The van der Waals surface area contributed by atoms with E-state index in [2.05, 4.69) is 31.7 Å². The number of rotatable bonds is 4. The van der Waals surface area contributed by atoms with Crippen LogP contribution in [0.1, 0.15) is 18.7 Å². The Balaban J connectivity index is 1.30. The zero-order chi connectivity index (χ0) is 16.2. The van der Waals surface area contributed by atoms with Crippen molar-refractivity contribution in [2.45, 2.75) is 25.4 Å². The van der Waals surface area contributed by atoms with Crippen LogP contribution in [0.15, 0.2) is 34.9 Å². The Morgan fingerprint density at radius 2 is 1.79 bits per heavy atom. The van der Waals surface area contributed by atoms with Gasteiger partial charge in [0.05, 0.1) is 6.54 Å². The number of nitrogens with zero attached hydrogens (tertiary/aromatic N) is 4. The van der Waals surface area contributed by atoms with E-state index in [4.69, 9.17) is 4.52 Å². The Hall–Kier alpha value is -1.37. The third kappa shape index (κ3) is 3.82. The minimum Gasteiger partial charge on any atom is -0.338 e. The lowest BCUT2D eigenvalue weighted by molar-refractivity contribution is 0.105. The monoisotopic (exact) mass is 344 g/mol. The van der Waals surface area contributed by atoms with Crippen LogP contribution < -0.4 is 0 Å². The van der Waals surface area contributed by atoms with Crippen LogP contribution in [0.2, 0.25) is 0 Å². The number of aromatic nitrogens is 2. The zero-order valence-electron chi connectivity index (χ0n) is 13.9. The second-order valence-electron chi connectivity index (χ2n) is 6.53. The molecule has 0 spiro atoms. The topological polar surface area (TPSA) is 45.4 Å². The highest BCUT2D eigenvalue weighted by Gasteiger charge is 2.26. The van der Waals surface area contributed by atoms with Crippen LogP contribution in [0.4, 0.5) is 0 Å². The molecule has 2 aromatic rings. The average molecular weight is 344 g/mol. The van der Waals surface area contributed by atoms with Gasteiger partial charge in [-0.2, -0.15) is 16.7 Å². The van der Waals surface area contributed by atoms with Crippen molar-refractivity contribution in [3.63, 3.8) is 0 Å². The molecule has 2 aliphatic heterocycles. The van der Waals surface area contributed by atoms with Crippen molar-refractivity contribution in [1.82, 2.24) is 19.9 Å². The van der Waals surface area contributed by atoms with Crippen LogP contribution in [0.25, 0.3) is 11.4 Å². The zero-order valence-corrected chi connectivity index (χ0v) is 14.7. The minimum absolute atomic E-state index is 0.686. The summed E-state index contributed by atoms with van der Waals surface area (Å²) in [5.41, 5.74) is 1.01. The predicted molar refractivity (Wildman–Crippen MR) is 96.9 cm³/mol. The number of thioether (sulfide) groups is 1. The molecule has 1 aromatic heterocycles. The maximum atomic E-state index is 5.45. The molecule has 1 aromatic carbocycles. The standard InChI is InChI=1S/C18H24N4OS/c1-2-4-15(5-3-1)18-19-17(23-20-18)14-21-8-6-16(7-9-21)22-10-12-24-13-11-22/h1-5,16H,6-14H2. The fourth-order valence-electron chi connectivity index (χ4n) is 3.60. The molecule has 2 fully saturated rings. The van der Waals surface area contributed by atoms with Gasteiger partial charge in [-0.3, -0.25) is 9.80 Å². The van der Waals surface area contributed by atoms with Gasteiger partial charge >= 0.3 is 0 Å². The number of likely N-dealkylation sites (tertiary alicyclic amines) is 1. The molecule has 4 rings (SSSR count). The molecule has 128 valence electrons. The molecular weight excluding hydrogens is 320 g/mol. The second kappa shape index (κ2) is 7.68. The van der Waals surface area contributed by atoms with Crippen LogP contribution >= 0.6 is 11.8 Å². The van der Waals surface area contributed by atoms with E-state index in [1.807, 2.05) is 30.3 Å². The molecule has 0 atom stereocenters. The van der Waals surface area contributed by atoms with E-state index in [-0.39, 0.29) is 0 Å². The van der Waals surface area contributed by atoms with E-state index in [1.54, 1.807) is 0 Å². The summed E-state index contributed by atoms with van der Waals surface area (Å²) in [6, 6.07) is 10.8. The van der Waals surface area contributed by atoms with E-state index in [9.17, 15) is 0 Å². The number of benzene rings is 1. The second-order valence-corrected chi connectivity index (χ2v) is 7.76. The molecule has 3 heterocycles. The summed E-state index contributed by atoms with van der Waals surface area (Å²) in [5, 5.41) is 4.12. The lowest BCUT2D eigenvalue weighted by Crippen LogP contribution is -2.47. The summed E-state index contributed by atoms with van der Waals surface area (Å²) in [5.74, 6) is 4.00. The SMILES string of the molecule is c1ccc(-c2noc(CN3CCC(N4CCSCC4)CC3)n2)cc1. The van der Waals surface area contributed by atoms with E-state index in [1.165, 1.54) is 37.4 Å². The largest absolute Gasteiger partial charge is 0.338 e. The first-order chi connectivity index (χ1) is 11.9. The van der Waals surface area contributed by atoms with Crippen LogP contribution in [-0.2, 0) is 6.54 Å². The number of piperidine rings is 1. The van der Waals surface area contributed by atoms with Crippen LogP contribution in [-0.4, -0.2) is 63.7 Å². The van der Waals surface area contributed by atoms with Gasteiger partial charge in [0.1, 0.15) is 0 Å². The van der Waals surface area contributed by atoms with E-state index in [0.717, 1.165) is 37.1 Å². The van der Waals surface area contributed by atoms with Gasteiger partial charge in [-0.15, -0.1) is 0 Å². The lowest BCUT2D eigenvalue weighted by atomic mass is 10.0. The fraction of sp³-hybridized carbons (Fsp3) is 0.556. The van der Waals surface area contributed by atoms with Gasteiger partial charge in [0.15, 0.2) is 0 Å². The molecule has 0 bridgehead atoms. The molecule has 24 heavy (non-hydrogen) atoms. The van der Waals surface area contributed by atoms with Gasteiger partial charge in [-0.25, -0.2) is 0 Å². The fourth-order valence-corrected chi connectivity index (χ4v) is 4.53. The number of hydrogen-bond acceptors (Lipinski definition) is 6. The first-order valence-corrected chi connectivity index (χ1v) is 9.96. The van der Waals surface area contributed by atoms with Crippen molar-refractivity contribution in [1.29, 1.82) is 0 Å². The van der Waals surface area contributed by atoms with Crippen molar-refractivity contribution < 1.29 is 4.52 Å². The van der Waals surface area contributed by atoms with Crippen molar-refractivity contribution in [3.8, 4) is 11.4 Å². The smallest absolute Gasteiger partial charge is 0.241 e. The van der Waals surface area contributed by atoms with Gasteiger partial charge in [-0.05, 0) is 12.8 Å². The first kappa shape index (κ1) is 16.1. The first-order valence-electron chi connectivity index (χ1n) is 8.80. The van der Waals surface area contributed by atoms with Gasteiger partial charge in [0.25, 0.3) is 0 Å². The molecule has 2 aliphatic rings. The number of hydrogen-bond donors (Lipinski definition) is 0. The molecule has 5 nitrogen and oxygen atoms in total. The summed E-state index contributed by atoms with van der Waals surface area (Å²) in [7, 11) is 0. The highest BCUT2D eigenvalue weighted by Crippen LogP contribution is 2.22. The van der Waals surface area contributed by atoms with E-state index < -0.39 is 0 Å². The normalized spacial score (nSPS) is 21.2. The van der Waals surface area contributed by atoms with Crippen LogP contribution in [0.5, 0.6) is 0 Å². The highest BCUT2D eigenvalue weighted by atomic mass is 32.2. The summed E-state index contributed by atoms with van der Waals surface area (Å²) in [4.78, 5) is 9.68. The third-order valence-electron chi connectivity index (χ3n) is 4.98. The van der Waals surface area contributed by atoms with Crippen molar-refractivity contribution in [3.05, 3.63) is 36.2 Å². The maximum absolute atomic E-state index is 5.45. The summed E-state index contributed by atoms with van der Waals surface area (Å²) < 4.78 is 5.45. The van der Waals surface area contributed by atoms with Gasteiger partial charge in [0, 0.05) is 49.3 Å². The third-order valence-corrected chi connectivity index (χ3v) is 5.92. The summed E-state index contributed by atoms with van der Waals surface area (Å²) in [6.07, 6.45) is 2.51. The molecule has 2 saturated heterocycles. The Morgan fingerprint density at radius 3 is 2.54 bits per heavy atom. The molecule has 6 heteroatoms. The molecule has 0 unspecified atom stereocenters. The Labute approximate surface area is 147 Å². The average Bonchev–Trinajstić information content (AvgIpc) is 3.12. The molecule has 0 N–H and O–H groups in total. The summed E-state index contributed by atoms with van der Waals surface area (Å²) in [6.45, 7) is 5.54. The molecular formula is C18H24N4OS. The molecule has 0 aliphatic carbocycles. The van der Waals surface area contributed by atoms with Crippen LogP contribution in [0, 0.1) is 0 Å². The van der Waals surface area contributed by atoms with Gasteiger partial charge in [-0.1, -0.05) is 35.5 Å². The quantitative estimate of drug-likeness (QED) is 0.850. The van der Waals surface area contributed by atoms with E-state index in [0.29, 0.717) is 5.82 Å². The van der Waals surface area contributed by atoms with Crippen LogP contribution in [0.3, 0.4) is 0 Å². The van der Waals surface area contributed by atoms with Crippen molar-refractivity contribution in [2.24, 2.45) is 0 Å². The van der Waals surface area contributed by atoms with Crippen molar-refractivity contribution in [2.75, 3.05) is 37.7 Å². The highest BCUT2D eigenvalue weighted by molar-refractivity contribution is 7.99. The Bertz CT molecular complexity index is 633. The van der Waals surface area contributed by atoms with Gasteiger partial charge < -0.3 is 4.52 Å². The molecule has 0 saturated carbocycles. The van der Waals surface area contributed by atoms with Gasteiger partial charge in [0.2, 0.25) is 11.7 Å².